The largest absolute Gasteiger partial charge is 0.388 e. The lowest BCUT2D eigenvalue weighted by Crippen LogP contribution is -2.51. The molecule has 1 amide bonds. The van der Waals surface area contributed by atoms with Gasteiger partial charge in [0.25, 0.3) is 5.91 Å². The zero-order valence-corrected chi connectivity index (χ0v) is 23.4. The highest BCUT2D eigenvalue weighted by Gasteiger charge is 2.46. The number of amides is 1. The van der Waals surface area contributed by atoms with Gasteiger partial charge in [0.15, 0.2) is 0 Å². The molecule has 3 aromatic rings. The summed E-state index contributed by atoms with van der Waals surface area (Å²) in [4.78, 5) is 32.7. The number of benzene rings is 1. The van der Waals surface area contributed by atoms with Gasteiger partial charge in [-0.3, -0.25) is 4.79 Å². The van der Waals surface area contributed by atoms with Crippen LogP contribution in [-0.2, 0) is 19.7 Å². The molecule has 14 heteroatoms. The van der Waals surface area contributed by atoms with Crippen molar-refractivity contribution in [2.24, 2.45) is 5.16 Å². The maximum absolute atomic E-state index is 13.3. The molecular formula is C24H24Cl2N6O4S2. The summed E-state index contributed by atoms with van der Waals surface area (Å²) < 4.78 is 27.7. The molecule has 2 saturated heterocycles. The van der Waals surface area contributed by atoms with Crippen LogP contribution in [0.25, 0.3) is 10.2 Å². The van der Waals surface area contributed by atoms with Crippen LogP contribution in [0.15, 0.2) is 46.0 Å². The van der Waals surface area contributed by atoms with Gasteiger partial charge in [0.1, 0.15) is 33.2 Å². The Balaban J connectivity index is 1.06. The molecule has 0 radical (unpaired) electrons. The van der Waals surface area contributed by atoms with Gasteiger partial charge in [-0.2, -0.15) is 4.31 Å². The van der Waals surface area contributed by atoms with Crippen molar-refractivity contribution in [2.75, 3.05) is 44.2 Å². The zero-order valence-electron chi connectivity index (χ0n) is 20.2. The van der Waals surface area contributed by atoms with Crippen molar-refractivity contribution in [3.05, 3.63) is 46.0 Å². The van der Waals surface area contributed by atoms with E-state index in [1.165, 1.54) is 16.4 Å². The van der Waals surface area contributed by atoms with E-state index >= 15 is 0 Å². The van der Waals surface area contributed by atoms with E-state index in [2.05, 4.69) is 20.0 Å². The fourth-order valence-corrected chi connectivity index (χ4v) is 8.09. The normalized spacial score (nSPS) is 20.1. The molecule has 0 atom stereocenters. The quantitative estimate of drug-likeness (QED) is 0.453. The van der Waals surface area contributed by atoms with E-state index in [1.807, 2.05) is 11.4 Å². The van der Waals surface area contributed by atoms with Crippen LogP contribution in [0, 0.1) is 0 Å². The van der Waals surface area contributed by atoms with Gasteiger partial charge in [-0.05, 0) is 29.6 Å². The minimum absolute atomic E-state index is 0.0112. The third kappa shape index (κ3) is 4.62. The predicted molar refractivity (Wildman–Crippen MR) is 147 cm³/mol. The van der Waals surface area contributed by atoms with Crippen molar-refractivity contribution in [3.8, 4) is 0 Å². The minimum Gasteiger partial charge on any atom is -0.388 e. The van der Waals surface area contributed by atoms with Crippen molar-refractivity contribution in [1.82, 2.24) is 19.2 Å². The van der Waals surface area contributed by atoms with Crippen LogP contribution in [0.1, 0.15) is 19.3 Å². The standard InChI is InChI=1S/C24H24Cl2N6O4S2/c25-16-1-2-18(26)20(13-16)38(34,35)32-6-4-24(5-7-32)14-19(29-36-24)23(33)31-10-8-30(9-11-31)21-17-3-12-37-22(17)28-15-27-21/h1-3,12-13,15H,4-11,14H2. The fourth-order valence-electron chi connectivity index (χ4n) is 5.19. The number of aromatic nitrogens is 2. The summed E-state index contributed by atoms with van der Waals surface area (Å²) in [5, 5.41) is 7.61. The second-order valence-corrected chi connectivity index (χ2v) is 13.2. The van der Waals surface area contributed by atoms with Gasteiger partial charge in [-0.1, -0.05) is 28.4 Å². The number of carbonyl (C=O) groups is 1. The van der Waals surface area contributed by atoms with Crippen molar-refractivity contribution in [2.45, 2.75) is 29.8 Å². The number of sulfonamides is 1. The first-order valence-electron chi connectivity index (χ1n) is 12.2. The Labute approximate surface area is 233 Å². The lowest BCUT2D eigenvalue weighted by atomic mass is 9.87. The van der Waals surface area contributed by atoms with E-state index in [9.17, 15) is 13.2 Å². The first kappa shape index (κ1) is 25.8. The van der Waals surface area contributed by atoms with E-state index in [4.69, 9.17) is 28.0 Å². The van der Waals surface area contributed by atoms with Gasteiger partial charge >= 0.3 is 0 Å². The number of hydrogen-bond acceptors (Lipinski definition) is 9. The Bertz CT molecular complexity index is 1530. The third-order valence-corrected chi connectivity index (χ3v) is 10.8. The average Bonchev–Trinajstić information content (AvgIpc) is 3.57. The summed E-state index contributed by atoms with van der Waals surface area (Å²) in [6.07, 6.45) is 2.78. The molecule has 0 unspecified atom stereocenters. The summed E-state index contributed by atoms with van der Waals surface area (Å²) in [5.41, 5.74) is -0.294. The van der Waals surface area contributed by atoms with Crippen LogP contribution in [0.4, 0.5) is 5.82 Å². The number of halogens is 2. The monoisotopic (exact) mass is 594 g/mol. The summed E-state index contributed by atoms with van der Waals surface area (Å²) in [6, 6.07) is 6.42. The number of anilines is 1. The molecule has 10 nitrogen and oxygen atoms in total. The zero-order chi connectivity index (χ0) is 26.5. The van der Waals surface area contributed by atoms with Crippen LogP contribution in [0.5, 0.6) is 0 Å². The molecule has 2 aromatic heterocycles. The number of rotatable bonds is 4. The molecule has 6 rings (SSSR count). The maximum atomic E-state index is 13.3. The summed E-state index contributed by atoms with van der Waals surface area (Å²) in [6.45, 7) is 2.88. The first-order chi connectivity index (χ1) is 18.3. The number of thiophene rings is 1. The highest BCUT2D eigenvalue weighted by molar-refractivity contribution is 7.89. The fraction of sp³-hybridized carbons (Fsp3) is 0.417. The van der Waals surface area contributed by atoms with E-state index < -0.39 is 15.6 Å². The molecule has 5 heterocycles. The van der Waals surface area contributed by atoms with Gasteiger partial charge in [0.2, 0.25) is 10.0 Å². The van der Waals surface area contributed by atoms with Gasteiger partial charge in [-0.25, -0.2) is 18.4 Å². The minimum atomic E-state index is -3.81. The van der Waals surface area contributed by atoms with Crippen molar-refractivity contribution in [3.63, 3.8) is 0 Å². The molecule has 0 aliphatic carbocycles. The Kier molecular flexibility index (Phi) is 6.71. The Hall–Kier alpha value is -2.51. The number of fused-ring (bicyclic) bond motifs is 1. The van der Waals surface area contributed by atoms with Crippen LogP contribution in [-0.4, -0.2) is 84.1 Å². The molecule has 1 spiro atoms. The number of nitrogens with zero attached hydrogens (tertiary/aromatic N) is 6. The summed E-state index contributed by atoms with van der Waals surface area (Å²) in [5.74, 6) is 0.760. The van der Waals surface area contributed by atoms with Gasteiger partial charge < -0.3 is 14.6 Å². The summed E-state index contributed by atoms with van der Waals surface area (Å²) >= 11 is 13.7. The van der Waals surface area contributed by atoms with Crippen LogP contribution in [0.2, 0.25) is 10.0 Å². The predicted octanol–water partition coefficient (Wildman–Crippen LogP) is 3.65. The Morgan fingerprint density at radius 1 is 1.03 bits per heavy atom. The average molecular weight is 596 g/mol. The molecule has 0 bridgehead atoms. The molecular weight excluding hydrogens is 571 g/mol. The molecule has 3 aliphatic heterocycles. The van der Waals surface area contributed by atoms with Gasteiger partial charge in [0, 0.05) is 63.6 Å². The number of hydrogen-bond donors (Lipinski definition) is 0. The maximum Gasteiger partial charge on any atom is 0.271 e. The second-order valence-electron chi connectivity index (χ2n) is 9.58. The molecule has 0 N–H and O–H groups in total. The molecule has 200 valence electrons. The molecule has 0 saturated carbocycles. The van der Waals surface area contributed by atoms with E-state index in [0.29, 0.717) is 56.2 Å². The van der Waals surface area contributed by atoms with E-state index in [1.54, 1.807) is 28.6 Å². The molecule has 3 aliphatic rings. The second kappa shape index (κ2) is 9.91. The topological polar surface area (TPSA) is 108 Å². The molecule has 38 heavy (non-hydrogen) atoms. The number of carbonyl (C=O) groups excluding carboxylic acids is 1. The van der Waals surface area contributed by atoms with Crippen molar-refractivity contribution in [1.29, 1.82) is 0 Å². The first-order valence-corrected chi connectivity index (χ1v) is 15.3. The van der Waals surface area contributed by atoms with Gasteiger partial charge in [-0.15, -0.1) is 11.3 Å². The lowest BCUT2D eigenvalue weighted by molar-refractivity contribution is -0.124. The van der Waals surface area contributed by atoms with Crippen LogP contribution in [0.3, 0.4) is 0 Å². The lowest BCUT2D eigenvalue weighted by Gasteiger charge is -2.37. The molecule has 2 fully saturated rings. The van der Waals surface area contributed by atoms with Crippen molar-refractivity contribution >= 4 is 72.2 Å². The number of piperazine rings is 1. The smallest absolute Gasteiger partial charge is 0.271 e. The summed E-state index contributed by atoms with van der Waals surface area (Å²) in [7, 11) is -3.81. The highest BCUT2D eigenvalue weighted by Crippen LogP contribution is 2.38. The van der Waals surface area contributed by atoms with E-state index in [0.717, 1.165) is 16.0 Å². The highest BCUT2D eigenvalue weighted by atomic mass is 35.5. The third-order valence-electron chi connectivity index (χ3n) is 7.34. The van der Waals surface area contributed by atoms with E-state index in [-0.39, 0.29) is 28.9 Å². The Morgan fingerprint density at radius 2 is 1.79 bits per heavy atom. The van der Waals surface area contributed by atoms with Gasteiger partial charge in [0.05, 0.1) is 10.4 Å². The van der Waals surface area contributed by atoms with Crippen molar-refractivity contribution < 1.29 is 18.0 Å². The molecule has 1 aromatic carbocycles. The SMILES string of the molecule is O=C(C1=NOC2(CCN(S(=O)(=O)c3cc(Cl)ccc3Cl)CC2)C1)N1CCN(c2ncnc3sccc23)CC1. The van der Waals surface area contributed by atoms with Crippen LogP contribution >= 0.6 is 34.5 Å². The Morgan fingerprint density at radius 3 is 2.55 bits per heavy atom. The number of oxime groups is 1. The number of piperidine rings is 1. The van der Waals surface area contributed by atoms with Crippen LogP contribution < -0.4 is 4.90 Å².